The molecule has 3 heterocycles. The largest absolute Gasteiger partial charge is 0.386 e. The van der Waals surface area contributed by atoms with Gasteiger partial charge in [0.2, 0.25) is 0 Å². The van der Waals surface area contributed by atoms with Crippen molar-refractivity contribution >= 4 is 34.3 Å². The van der Waals surface area contributed by atoms with E-state index >= 15 is 0 Å². The van der Waals surface area contributed by atoms with Crippen LogP contribution in [0.3, 0.4) is 0 Å². The summed E-state index contributed by atoms with van der Waals surface area (Å²) in [5.41, 5.74) is 0.806. The number of carbonyl (C=O) groups is 1. The predicted molar refractivity (Wildman–Crippen MR) is 135 cm³/mol. The van der Waals surface area contributed by atoms with Crippen LogP contribution in [-0.4, -0.2) is 52.3 Å². The maximum atomic E-state index is 13.3. The molecular weight excluding hydrogens is 445 g/mol. The lowest BCUT2D eigenvalue weighted by Gasteiger charge is -2.36. The Kier molecular flexibility index (Phi) is 5.90. The molecule has 178 valence electrons. The fraction of sp³-hybridized carbons (Fsp3) is 0.259. The van der Waals surface area contributed by atoms with Crippen molar-refractivity contribution in [1.29, 1.82) is 0 Å². The minimum atomic E-state index is -0.917. The molecule has 8 heteroatoms. The summed E-state index contributed by atoms with van der Waals surface area (Å²) in [7, 11) is 0. The van der Waals surface area contributed by atoms with E-state index in [1.54, 1.807) is 26.1 Å². The summed E-state index contributed by atoms with van der Waals surface area (Å²) >= 11 is 0. The highest BCUT2D eigenvalue weighted by molar-refractivity contribution is 6.11. The summed E-state index contributed by atoms with van der Waals surface area (Å²) in [6.45, 7) is 6.53. The number of benzene rings is 1. The van der Waals surface area contributed by atoms with Crippen LogP contribution >= 0.6 is 0 Å². The smallest absolute Gasteiger partial charge is 0.188 e. The van der Waals surface area contributed by atoms with Crippen molar-refractivity contribution in [1.82, 2.24) is 15.2 Å². The lowest BCUT2D eigenvalue weighted by Crippen LogP contribution is -2.47. The predicted octanol–water partition coefficient (Wildman–Crippen LogP) is 3.95. The van der Waals surface area contributed by atoms with Crippen molar-refractivity contribution in [3.8, 4) is 0 Å². The van der Waals surface area contributed by atoms with Gasteiger partial charge in [-0.3, -0.25) is 4.79 Å². The summed E-state index contributed by atoms with van der Waals surface area (Å²) in [5, 5.41) is 20.9. The lowest BCUT2D eigenvalue weighted by atomic mass is 10.0. The van der Waals surface area contributed by atoms with Gasteiger partial charge in [-0.05, 0) is 38.1 Å². The van der Waals surface area contributed by atoms with E-state index in [-0.39, 0.29) is 5.78 Å². The second kappa shape index (κ2) is 9.03. The minimum Gasteiger partial charge on any atom is -0.386 e. The minimum absolute atomic E-state index is 0.371. The van der Waals surface area contributed by atoms with Crippen molar-refractivity contribution in [2.24, 2.45) is 0 Å². The Hall–Kier alpha value is -3.91. The van der Waals surface area contributed by atoms with Gasteiger partial charge in [0.15, 0.2) is 11.6 Å². The number of ketones is 1. The van der Waals surface area contributed by atoms with Crippen molar-refractivity contribution in [2.45, 2.75) is 19.4 Å². The molecule has 1 N–H and O–H groups in total. The normalized spacial score (nSPS) is 17.9. The molecule has 1 aliphatic carbocycles. The molecule has 0 spiro atoms. The van der Waals surface area contributed by atoms with E-state index in [1.165, 1.54) is 12.2 Å². The number of aliphatic hydroxyl groups is 1. The molecule has 3 aromatic rings. The number of carbonyl (C=O) groups excluding carboxylic acids is 1. The van der Waals surface area contributed by atoms with Gasteiger partial charge in [-0.1, -0.05) is 30.3 Å². The average molecular weight is 472 g/mol. The van der Waals surface area contributed by atoms with Gasteiger partial charge in [0.25, 0.3) is 0 Å². The van der Waals surface area contributed by atoms with Gasteiger partial charge in [-0.2, -0.15) is 0 Å². The summed E-state index contributed by atoms with van der Waals surface area (Å²) in [6, 6.07) is 11.7. The molecule has 2 aromatic heterocycles. The number of rotatable bonds is 4. The van der Waals surface area contributed by atoms with Crippen LogP contribution in [0.2, 0.25) is 0 Å². The third-order valence-electron chi connectivity index (χ3n) is 6.32. The van der Waals surface area contributed by atoms with Crippen molar-refractivity contribution in [3.63, 3.8) is 0 Å². The van der Waals surface area contributed by atoms with E-state index in [4.69, 9.17) is 0 Å². The van der Waals surface area contributed by atoms with E-state index in [9.17, 15) is 14.3 Å². The van der Waals surface area contributed by atoms with Crippen molar-refractivity contribution < 1.29 is 14.3 Å². The van der Waals surface area contributed by atoms with Crippen LogP contribution in [0.15, 0.2) is 72.2 Å². The maximum absolute atomic E-state index is 13.3. The number of hydrogen-bond acceptors (Lipinski definition) is 7. The van der Waals surface area contributed by atoms with Gasteiger partial charge in [0.05, 0.1) is 11.3 Å². The molecule has 1 aromatic carbocycles. The Balaban J connectivity index is 1.37. The number of fused-ring (bicyclic) bond motifs is 1. The molecule has 1 fully saturated rings. The fourth-order valence-corrected chi connectivity index (χ4v) is 4.31. The average Bonchev–Trinajstić information content (AvgIpc) is 2.85. The Morgan fingerprint density at radius 1 is 0.971 bits per heavy atom. The molecule has 2 aliphatic rings. The highest BCUT2D eigenvalue weighted by Gasteiger charge is 2.23. The topological polar surface area (TPSA) is 82.5 Å². The second-order valence-electron chi connectivity index (χ2n) is 9.22. The zero-order valence-electron chi connectivity index (χ0n) is 19.6. The van der Waals surface area contributed by atoms with E-state index in [0.29, 0.717) is 11.3 Å². The van der Waals surface area contributed by atoms with E-state index in [2.05, 4.69) is 25.0 Å². The SMILES string of the molecule is CC(C)(O)c1ccc(N2CCN(c3nnc(/C=C4\C=CC(F)=CC4=O)c4ccccc34)CC2)nc1. The number of anilines is 2. The first kappa shape index (κ1) is 22.9. The Morgan fingerprint density at radius 3 is 2.34 bits per heavy atom. The second-order valence-corrected chi connectivity index (χ2v) is 9.22. The van der Waals surface area contributed by atoms with Gasteiger partial charge in [-0.15, -0.1) is 10.2 Å². The fourth-order valence-electron chi connectivity index (χ4n) is 4.31. The number of allylic oxidation sites excluding steroid dienone is 5. The number of aromatic nitrogens is 3. The molecule has 1 aliphatic heterocycles. The van der Waals surface area contributed by atoms with Crippen molar-refractivity contribution in [3.05, 3.63) is 83.5 Å². The molecule has 35 heavy (non-hydrogen) atoms. The van der Waals surface area contributed by atoms with Gasteiger partial charge in [0, 0.05) is 60.4 Å². The quantitative estimate of drug-likeness (QED) is 0.577. The highest BCUT2D eigenvalue weighted by atomic mass is 19.1. The summed E-state index contributed by atoms with van der Waals surface area (Å²) in [6.07, 6.45) is 7.09. The van der Waals surface area contributed by atoms with Gasteiger partial charge < -0.3 is 14.9 Å². The third kappa shape index (κ3) is 4.70. The monoisotopic (exact) mass is 471 g/mol. The molecule has 7 nitrogen and oxygen atoms in total. The van der Waals surface area contributed by atoms with Gasteiger partial charge in [-0.25, -0.2) is 9.37 Å². The molecular formula is C27H26FN5O2. The summed E-state index contributed by atoms with van der Waals surface area (Å²) in [5.74, 6) is 0.733. The van der Waals surface area contributed by atoms with Crippen LogP contribution in [0.4, 0.5) is 16.0 Å². The number of nitrogens with zero attached hydrogens (tertiary/aromatic N) is 5. The van der Waals surface area contributed by atoms with Crippen molar-refractivity contribution in [2.75, 3.05) is 36.0 Å². The lowest BCUT2D eigenvalue weighted by molar-refractivity contribution is -0.111. The zero-order valence-corrected chi connectivity index (χ0v) is 19.6. The van der Waals surface area contributed by atoms with Crippen LogP contribution in [-0.2, 0) is 10.4 Å². The Bertz CT molecular complexity index is 1360. The molecule has 0 saturated carbocycles. The summed E-state index contributed by atoms with van der Waals surface area (Å²) < 4.78 is 13.3. The third-order valence-corrected chi connectivity index (χ3v) is 6.32. The molecule has 0 radical (unpaired) electrons. The van der Waals surface area contributed by atoms with Gasteiger partial charge in [0.1, 0.15) is 11.6 Å². The first-order valence-electron chi connectivity index (χ1n) is 11.5. The van der Waals surface area contributed by atoms with E-state index < -0.39 is 11.4 Å². The van der Waals surface area contributed by atoms with Crippen LogP contribution < -0.4 is 9.80 Å². The number of piperazine rings is 1. The van der Waals surface area contributed by atoms with Crippen LogP contribution in [0.25, 0.3) is 16.8 Å². The molecule has 0 atom stereocenters. The van der Waals surface area contributed by atoms with Gasteiger partial charge >= 0.3 is 0 Å². The number of halogens is 1. The van der Waals surface area contributed by atoms with E-state index in [1.807, 2.05) is 36.4 Å². The Labute approximate surface area is 202 Å². The molecule has 1 saturated heterocycles. The molecule has 0 unspecified atom stereocenters. The molecule has 0 bridgehead atoms. The summed E-state index contributed by atoms with van der Waals surface area (Å²) in [4.78, 5) is 21.1. The zero-order chi connectivity index (χ0) is 24.6. The number of hydrogen-bond donors (Lipinski definition) is 1. The number of pyridine rings is 1. The standard InChI is InChI=1S/C27H26FN5O2/c1-27(2,35)19-8-10-25(29-17-19)32-11-13-33(14-12-32)26-22-6-4-3-5-21(22)23(30-31-26)15-18-7-9-20(28)16-24(18)34/h3-10,15-17,35H,11-14H2,1-2H3/b18-15+. The molecule has 0 amide bonds. The first-order valence-corrected chi connectivity index (χ1v) is 11.5. The van der Waals surface area contributed by atoms with Crippen LogP contribution in [0, 0.1) is 0 Å². The highest BCUT2D eigenvalue weighted by Crippen LogP contribution is 2.29. The Morgan fingerprint density at radius 2 is 1.69 bits per heavy atom. The van der Waals surface area contributed by atoms with Crippen LogP contribution in [0.1, 0.15) is 25.1 Å². The maximum Gasteiger partial charge on any atom is 0.188 e. The van der Waals surface area contributed by atoms with E-state index in [0.717, 1.165) is 60.2 Å². The molecule has 5 rings (SSSR count). The first-order chi connectivity index (χ1) is 16.8. The van der Waals surface area contributed by atoms with Crippen LogP contribution in [0.5, 0.6) is 0 Å².